The van der Waals surface area contributed by atoms with E-state index in [1.165, 1.54) is 66.1 Å². The van der Waals surface area contributed by atoms with Crippen LogP contribution in [0.4, 0.5) is 0 Å². The first kappa shape index (κ1) is 18.2. The number of unbranched alkanes of at least 4 members (excludes halogenated alkanes) is 3. The Morgan fingerprint density at radius 3 is 2.44 bits per heavy atom. The van der Waals surface area contributed by atoms with Crippen molar-refractivity contribution in [3.63, 3.8) is 0 Å². The second-order valence-corrected chi connectivity index (χ2v) is 7.79. The maximum Gasteiger partial charge on any atom is 0.0253 e. The smallest absolute Gasteiger partial charge is 0.0253 e. The van der Waals surface area contributed by atoms with Crippen molar-refractivity contribution in [3.8, 4) is 0 Å². The molecule has 0 heterocycles. The first-order chi connectivity index (χ1) is 12.3. The number of aryl methyl sites for hydroxylation is 1. The number of hydrogen-bond acceptors (Lipinski definition) is 0. The molecule has 1 aliphatic rings. The minimum atomic E-state index is 0.696. The van der Waals surface area contributed by atoms with Gasteiger partial charge in [0.15, 0.2) is 0 Å². The highest BCUT2D eigenvalue weighted by Crippen LogP contribution is 2.31. The quantitative estimate of drug-likeness (QED) is 0.404. The molecule has 1 aliphatic carbocycles. The fraction of sp³-hybridized carbons (Fsp3) is 0.333. The van der Waals surface area contributed by atoms with Crippen molar-refractivity contribution < 1.29 is 0 Å². The van der Waals surface area contributed by atoms with Crippen molar-refractivity contribution >= 4 is 21.5 Å². The third-order valence-corrected chi connectivity index (χ3v) is 5.66. The molecule has 0 nitrogen and oxygen atoms in total. The average Bonchev–Trinajstić information content (AvgIpc) is 2.66. The molecule has 2 aromatic rings. The molecule has 3 rings (SSSR count). The fourth-order valence-corrected chi connectivity index (χ4v) is 4.07. The molecular weight excluding hydrogens is 368 g/mol. The summed E-state index contributed by atoms with van der Waals surface area (Å²) in [6, 6.07) is 19.4. The molecule has 0 bridgehead atoms. The highest BCUT2D eigenvalue weighted by molar-refractivity contribution is 9.10. The van der Waals surface area contributed by atoms with Crippen LogP contribution in [0.5, 0.6) is 0 Å². The van der Waals surface area contributed by atoms with Gasteiger partial charge in [0, 0.05) is 4.47 Å². The maximum absolute atomic E-state index is 3.68. The summed E-state index contributed by atoms with van der Waals surface area (Å²) < 4.78 is 1.19. The van der Waals surface area contributed by atoms with Gasteiger partial charge >= 0.3 is 0 Å². The molecule has 2 aromatic carbocycles. The van der Waals surface area contributed by atoms with E-state index < -0.39 is 0 Å². The number of allylic oxidation sites excluding steroid dienone is 4. The number of benzene rings is 2. The van der Waals surface area contributed by atoms with Crippen LogP contribution in [0.25, 0.3) is 5.57 Å². The SMILES string of the molecule is Brc1ccccc1C1=CC(CCCCCCc2ccccc2)CC=C1. The van der Waals surface area contributed by atoms with Crippen LogP contribution in [0.3, 0.4) is 0 Å². The molecule has 0 fully saturated rings. The Bertz CT molecular complexity index is 712. The van der Waals surface area contributed by atoms with E-state index in [-0.39, 0.29) is 0 Å². The van der Waals surface area contributed by atoms with E-state index in [0.29, 0.717) is 5.92 Å². The Morgan fingerprint density at radius 1 is 0.840 bits per heavy atom. The summed E-state index contributed by atoms with van der Waals surface area (Å²) in [7, 11) is 0. The number of halogens is 1. The minimum absolute atomic E-state index is 0.696. The van der Waals surface area contributed by atoms with Gasteiger partial charge in [-0.1, -0.05) is 102 Å². The van der Waals surface area contributed by atoms with Crippen molar-refractivity contribution in [1.29, 1.82) is 0 Å². The van der Waals surface area contributed by atoms with Gasteiger partial charge in [0.25, 0.3) is 0 Å². The van der Waals surface area contributed by atoms with Crippen LogP contribution < -0.4 is 0 Å². The summed E-state index contributed by atoms with van der Waals surface area (Å²) >= 11 is 3.68. The molecule has 0 N–H and O–H groups in total. The van der Waals surface area contributed by atoms with Crippen molar-refractivity contribution in [3.05, 3.63) is 88.4 Å². The van der Waals surface area contributed by atoms with Crippen LogP contribution in [0.2, 0.25) is 0 Å². The van der Waals surface area contributed by atoms with Crippen LogP contribution in [-0.4, -0.2) is 0 Å². The zero-order chi connectivity index (χ0) is 17.3. The maximum atomic E-state index is 3.68. The van der Waals surface area contributed by atoms with Gasteiger partial charge in [0.2, 0.25) is 0 Å². The normalized spacial score (nSPS) is 16.7. The first-order valence-corrected chi connectivity index (χ1v) is 10.3. The second kappa shape index (κ2) is 9.77. The molecule has 1 heteroatoms. The minimum Gasteiger partial charge on any atom is -0.0833 e. The Labute approximate surface area is 160 Å². The van der Waals surface area contributed by atoms with Crippen molar-refractivity contribution in [1.82, 2.24) is 0 Å². The summed E-state index contributed by atoms with van der Waals surface area (Å²) in [5, 5.41) is 0. The largest absolute Gasteiger partial charge is 0.0833 e. The molecule has 130 valence electrons. The van der Waals surface area contributed by atoms with Crippen LogP contribution in [0.15, 0.2) is 77.3 Å². The predicted octanol–water partition coefficient (Wildman–Crippen LogP) is 7.60. The molecule has 25 heavy (non-hydrogen) atoms. The Morgan fingerprint density at radius 2 is 1.60 bits per heavy atom. The predicted molar refractivity (Wildman–Crippen MR) is 113 cm³/mol. The van der Waals surface area contributed by atoms with Crippen LogP contribution >= 0.6 is 15.9 Å². The van der Waals surface area contributed by atoms with Crippen LogP contribution in [0, 0.1) is 5.92 Å². The molecule has 0 spiro atoms. The number of hydrogen-bond donors (Lipinski definition) is 0. The monoisotopic (exact) mass is 394 g/mol. The highest BCUT2D eigenvalue weighted by Gasteiger charge is 2.12. The van der Waals surface area contributed by atoms with Gasteiger partial charge in [-0.05, 0) is 54.4 Å². The summed E-state index contributed by atoms with van der Waals surface area (Å²) in [5.74, 6) is 0.696. The topological polar surface area (TPSA) is 0 Å². The molecule has 0 saturated heterocycles. The van der Waals surface area contributed by atoms with Gasteiger partial charge in [-0.15, -0.1) is 0 Å². The zero-order valence-corrected chi connectivity index (χ0v) is 16.4. The third kappa shape index (κ3) is 5.71. The van der Waals surface area contributed by atoms with E-state index in [4.69, 9.17) is 0 Å². The second-order valence-electron chi connectivity index (χ2n) is 6.94. The van der Waals surface area contributed by atoms with Gasteiger partial charge in [0.1, 0.15) is 0 Å². The van der Waals surface area contributed by atoms with Gasteiger partial charge in [-0.25, -0.2) is 0 Å². The number of rotatable bonds is 8. The molecular formula is C24H27Br. The van der Waals surface area contributed by atoms with Gasteiger partial charge in [-0.2, -0.15) is 0 Å². The van der Waals surface area contributed by atoms with E-state index in [1.807, 2.05) is 0 Å². The molecule has 0 amide bonds. The van der Waals surface area contributed by atoms with E-state index in [0.717, 1.165) is 0 Å². The Hall–Kier alpha value is -1.60. The van der Waals surface area contributed by atoms with E-state index >= 15 is 0 Å². The lowest BCUT2D eigenvalue weighted by atomic mass is 9.89. The fourth-order valence-electron chi connectivity index (χ4n) is 3.56. The van der Waals surface area contributed by atoms with E-state index in [9.17, 15) is 0 Å². The zero-order valence-electron chi connectivity index (χ0n) is 14.8. The van der Waals surface area contributed by atoms with Crippen molar-refractivity contribution in [2.24, 2.45) is 5.92 Å². The molecule has 0 aliphatic heterocycles. The Balaban J connectivity index is 1.40. The lowest BCUT2D eigenvalue weighted by Gasteiger charge is -2.17. The summed E-state index contributed by atoms with van der Waals surface area (Å²) in [4.78, 5) is 0. The first-order valence-electron chi connectivity index (χ1n) is 9.50. The average molecular weight is 395 g/mol. The molecule has 0 saturated carbocycles. The molecule has 0 radical (unpaired) electrons. The van der Waals surface area contributed by atoms with Crippen LogP contribution in [0.1, 0.15) is 49.7 Å². The van der Waals surface area contributed by atoms with E-state index in [1.54, 1.807) is 0 Å². The molecule has 1 unspecified atom stereocenters. The lowest BCUT2D eigenvalue weighted by Crippen LogP contribution is -2.01. The summed E-state index contributed by atoms with van der Waals surface area (Å²) in [6.07, 6.45) is 16.2. The molecule has 0 aromatic heterocycles. The summed E-state index contributed by atoms with van der Waals surface area (Å²) in [6.45, 7) is 0. The van der Waals surface area contributed by atoms with Gasteiger partial charge < -0.3 is 0 Å². The molecule has 1 atom stereocenters. The summed E-state index contributed by atoms with van der Waals surface area (Å²) in [5.41, 5.74) is 4.15. The standard InChI is InChI=1S/C24H27Br/c25-24-18-9-8-17-23(24)22-16-10-15-21(19-22)14-5-2-1-4-11-20-12-6-3-7-13-20/h3,6-10,12-13,16-19,21H,1-2,4-5,11,14-15H2. The van der Waals surface area contributed by atoms with Crippen LogP contribution in [-0.2, 0) is 6.42 Å². The lowest BCUT2D eigenvalue weighted by molar-refractivity contribution is 0.527. The third-order valence-electron chi connectivity index (χ3n) is 4.97. The van der Waals surface area contributed by atoms with E-state index in [2.05, 4.69) is 88.8 Å². The van der Waals surface area contributed by atoms with Crippen molar-refractivity contribution in [2.45, 2.75) is 44.9 Å². The van der Waals surface area contributed by atoms with Gasteiger partial charge in [-0.3, -0.25) is 0 Å². The van der Waals surface area contributed by atoms with Gasteiger partial charge in [0.05, 0.1) is 0 Å². The Kier molecular flexibility index (Phi) is 7.11. The highest BCUT2D eigenvalue weighted by atomic mass is 79.9. The van der Waals surface area contributed by atoms with Crippen molar-refractivity contribution in [2.75, 3.05) is 0 Å².